The van der Waals surface area contributed by atoms with E-state index in [1.807, 2.05) is 0 Å². The number of benzene rings is 1. The van der Waals surface area contributed by atoms with Crippen molar-refractivity contribution in [1.82, 2.24) is 5.32 Å². The van der Waals surface area contributed by atoms with Gasteiger partial charge in [0.2, 0.25) is 0 Å². The fourth-order valence-corrected chi connectivity index (χ4v) is 2.39. The lowest BCUT2D eigenvalue weighted by molar-refractivity contribution is -0.118. The molecule has 1 aliphatic rings. The van der Waals surface area contributed by atoms with Gasteiger partial charge in [0, 0.05) is 30.2 Å². The Kier molecular flexibility index (Phi) is 4.29. The summed E-state index contributed by atoms with van der Waals surface area (Å²) in [6, 6.07) is 3.51. The number of nitrogens with zero attached hydrogens (tertiary/aromatic N) is 1. The molecule has 1 aromatic rings. The van der Waals surface area contributed by atoms with Crippen LogP contribution in [-0.4, -0.2) is 31.7 Å². The minimum atomic E-state index is -0.579. The maximum atomic E-state index is 12.1. The summed E-state index contributed by atoms with van der Waals surface area (Å²) in [7, 11) is 1.54. The average molecular weight is 303 g/mol. The van der Waals surface area contributed by atoms with Crippen molar-refractivity contribution in [3.05, 3.63) is 28.2 Å². The fourth-order valence-electron chi connectivity index (χ4n) is 1.88. The van der Waals surface area contributed by atoms with E-state index < -0.39 is 12.1 Å². The second-order valence-electron chi connectivity index (χ2n) is 4.08. The first-order chi connectivity index (χ1) is 9.02. The molecule has 1 aliphatic heterocycles. The number of ether oxygens (including phenoxy) is 1. The highest BCUT2D eigenvalue weighted by Gasteiger charge is 2.38. The highest BCUT2D eigenvalue weighted by atomic mass is 35.5. The van der Waals surface area contributed by atoms with Crippen LogP contribution in [0.5, 0.6) is 0 Å². The molecule has 1 fully saturated rings. The van der Waals surface area contributed by atoms with E-state index in [1.165, 1.54) is 25.3 Å². The second kappa shape index (κ2) is 5.77. The molecule has 0 radical (unpaired) electrons. The molecular weight excluding hydrogens is 291 g/mol. The predicted octanol–water partition coefficient (Wildman–Crippen LogP) is 2.45. The van der Waals surface area contributed by atoms with E-state index in [2.05, 4.69) is 5.32 Å². The molecule has 1 N–H and O–H groups in total. The van der Waals surface area contributed by atoms with Crippen LogP contribution in [-0.2, 0) is 9.53 Å². The van der Waals surface area contributed by atoms with Gasteiger partial charge in [0.1, 0.15) is 6.04 Å². The van der Waals surface area contributed by atoms with E-state index in [0.717, 1.165) is 4.90 Å². The van der Waals surface area contributed by atoms with Crippen LogP contribution in [0, 0.1) is 0 Å². The van der Waals surface area contributed by atoms with Crippen LogP contribution in [0.1, 0.15) is 6.42 Å². The van der Waals surface area contributed by atoms with Crippen molar-refractivity contribution < 1.29 is 14.3 Å². The summed E-state index contributed by atoms with van der Waals surface area (Å²) >= 11 is 11.7. The molecule has 0 aromatic heterocycles. The van der Waals surface area contributed by atoms with Gasteiger partial charge in [0.15, 0.2) is 0 Å². The monoisotopic (exact) mass is 302 g/mol. The van der Waals surface area contributed by atoms with Gasteiger partial charge in [-0.2, -0.15) is 0 Å². The van der Waals surface area contributed by atoms with Crippen LogP contribution >= 0.6 is 23.2 Å². The molecule has 3 amide bonds. The van der Waals surface area contributed by atoms with Gasteiger partial charge < -0.3 is 10.1 Å². The summed E-state index contributed by atoms with van der Waals surface area (Å²) in [5, 5.41) is 3.33. The quantitative estimate of drug-likeness (QED) is 0.869. The van der Waals surface area contributed by atoms with Crippen molar-refractivity contribution >= 4 is 40.8 Å². The highest BCUT2D eigenvalue weighted by molar-refractivity contribution is 6.35. The zero-order chi connectivity index (χ0) is 14.0. The lowest BCUT2D eigenvalue weighted by Gasteiger charge is -2.13. The molecule has 1 saturated heterocycles. The Morgan fingerprint density at radius 1 is 1.26 bits per heavy atom. The van der Waals surface area contributed by atoms with Crippen molar-refractivity contribution in [2.24, 2.45) is 0 Å². The molecule has 1 heterocycles. The Morgan fingerprint density at radius 3 is 2.47 bits per heavy atom. The second-order valence-corrected chi connectivity index (χ2v) is 4.96. The third-order valence-corrected chi connectivity index (χ3v) is 3.17. The molecular formula is C12H12Cl2N2O3. The predicted molar refractivity (Wildman–Crippen MR) is 72.8 cm³/mol. The minimum absolute atomic E-state index is 0.333. The average Bonchev–Trinajstić information content (AvgIpc) is 2.60. The summed E-state index contributed by atoms with van der Waals surface area (Å²) in [4.78, 5) is 25.0. The van der Waals surface area contributed by atoms with Crippen LogP contribution < -0.4 is 10.2 Å². The molecule has 1 atom stereocenters. The van der Waals surface area contributed by atoms with Crippen molar-refractivity contribution in [2.75, 3.05) is 18.6 Å². The Bertz CT molecular complexity index is 501. The Labute approximate surface area is 120 Å². The third kappa shape index (κ3) is 3.00. The topological polar surface area (TPSA) is 58.6 Å². The number of carbonyl (C=O) groups excluding carboxylic acids is 2. The zero-order valence-electron chi connectivity index (χ0n) is 10.2. The van der Waals surface area contributed by atoms with Crippen molar-refractivity contribution in [1.29, 1.82) is 0 Å². The maximum Gasteiger partial charge on any atom is 0.329 e. The van der Waals surface area contributed by atoms with Gasteiger partial charge in [-0.05, 0) is 18.2 Å². The molecule has 0 aliphatic carbocycles. The lowest BCUT2D eigenvalue weighted by atomic mass is 10.2. The number of imide groups is 1. The summed E-state index contributed by atoms with van der Waals surface area (Å²) in [5.74, 6) is -0.333. The third-order valence-electron chi connectivity index (χ3n) is 2.74. The molecule has 102 valence electrons. The van der Waals surface area contributed by atoms with Crippen molar-refractivity contribution in [3.8, 4) is 0 Å². The Balaban J connectivity index is 2.24. The molecule has 0 bridgehead atoms. The van der Waals surface area contributed by atoms with Crippen LogP contribution in [0.3, 0.4) is 0 Å². The molecule has 1 aromatic carbocycles. The molecule has 19 heavy (non-hydrogen) atoms. The molecule has 5 nitrogen and oxygen atoms in total. The van der Waals surface area contributed by atoms with Gasteiger partial charge in [0.25, 0.3) is 5.91 Å². The van der Waals surface area contributed by atoms with Gasteiger partial charge in [-0.1, -0.05) is 23.2 Å². The van der Waals surface area contributed by atoms with Crippen LogP contribution in [0.15, 0.2) is 18.2 Å². The highest BCUT2D eigenvalue weighted by Crippen LogP contribution is 2.28. The lowest BCUT2D eigenvalue weighted by Crippen LogP contribution is -2.31. The number of hydrogen-bond donors (Lipinski definition) is 1. The molecule has 1 unspecified atom stereocenters. The normalized spacial score (nSPS) is 18.9. The molecule has 0 spiro atoms. The molecule has 7 heteroatoms. The van der Waals surface area contributed by atoms with E-state index in [9.17, 15) is 9.59 Å². The summed E-state index contributed by atoms with van der Waals surface area (Å²) in [6.07, 6.45) is 0.422. The van der Waals surface area contributed by atoms with Crippen molar-refractivity contribution in [2.45, 2.75) is 12.5 Å². The van der Waals surface area contributed by atoms with Crippen LogP contribution in [0.4, 0.5) is 10.5 Å². The van der Waals surface area contributed by atoms with Gasteiger partial charge >= 0.3 is 6.03 Å². The van der Waals surface area contributed by atoms with Crippen LogP contribution in [0.2, 0.25) is 10.0 Å². The number of rotatable bonds is 4. The summed E-state index contributed by atoms with van der Waals surface area (Å²) in [6.45, 7) is 0.390. The first kappa shape index (κ1) is 14.1. The smallest absolute Gasteiger partial charge is 0.329 e. The van der Waals surface area contributed by atoms with Crippen molar-refractivity contribution in [3.63, 3.8) is 0 Å². The number of carbonyl (C=O) groups is 2. The summed E-state index contributed by atoms with van der Waals surface area (Å²) < 4.78 is 4.90. The largest absolute Gasteiger partial charge is 0.385 e. The van der Waals surface area contributed by atoms with Gasteiger partial charge in [0.05, 0.1) is 5.69 Å². The maximum absolute atomic E-state index is 12.1. The standard InChI is InChI=1S/C12H12Cl2N2O3/c1-19-3-2-10-11(17)16(12(18)15-10)9-5-7(13)4-8(14)6-9/h4-6,10H,2-3H2,1H3,(H,15,18). The first-order valence-electron chi connectivity index (χ1n) is 5.62. The number of urea groups is 1. The number of hydrogen-bond acceptors (Lipinski definition) is 3. The van der Waals surface area contributed by atoms with E-state index in [1.54, 1.807) is 0 Å². The number of amides is 3. The molecule has 2 rings (SSSR count). The Morgan fingerprint density at radius 2 is 1.89 bits per heavy atom. The molecule has 0 saturated carbocycles. The minimum Gasteiger partial charge on any atom is -0.385 e. The van der Waals surface area contributed by atoms with Gasteiger partial charge in [-0.3, -0.25) is 4.79 Å². The zero-order valence-corrected chi connectivity index (χ0v) is 11.7. The number of halogens is 2. The Hall–Kier alpha value is -1.30. The van der Waals surface area contributed by atoms with Gasteiger partial charge in [-0.25, -0.2) is 9.69 Å². The van der Waals surface area contributed by atoms with E-state index in [4.69, 9.17) is 27.9 Å². The number of methoxy groups -OCH3 is 1. The number of nitrogens with one attached hydrogen (secondary N) is 1. The van der Waals surface area contributed by atoms with Gasteiger partial charge in [-0.15, -0.1) is 0 Å². The fraction of sp³-hybridized carbons (Fsp3) is 0.333. The summed E-state index contributed by atoms with van der Waals surface area (Å²) in [5.41, 5.74) is 0.361. The van der Waals surface area contributed by atoms with E-state index in [0.29, 0.717) is 28.8 Å². The van der Waals surface area contributed by atoms with Crippen LogP contribution in [0.25, 0.3) is 0 Å². The first-order valence-corrected chi connectivity index (χ1v) is 6.38. The van der Waals surface area contributed by atoms with E-state index in [-0.39, 0.29) is 5.91 Å². The van der Waals surface area contributed by atoms with E-state index >= 15 is 0 Å². The number of anilines is 1. The SMILES string of the molecule is COCCC1NC(=O)N(c2cc(Cl)cc(Cl)c2)C1=O.